The lowest BCUT2D eigenvalue weighted by Gasteiger charge is -2.10. The molecular weight excluding hydrogens is 156 g/mol. The molecule has 11 heavy (non-hydrogen) atoms. The second-order valence-electron chi connectivity index (χ2n) is 3.03. The minimum atomic E-state index is 0.432. The fraction of sp³-hybridized carbons (Fsp3) is 0.750. The maximum Gasteiger partial charge on any atom is 0.0871 e. The highest BCUT2D eigenvalue weighted by atomic mass is 32.1. The zero-order chi connectivity index (χ0) is 8.85. The SMILES string of the molecule is CC(C)C(=NN=C=S)C(C)C. The van der Waals surface area contributed by atoms with Gasteiger partial charge in [-0.1, -0.05) is 32.8 Å². The number of nitrogens with zero attached hydrogens (tertiary/aromatic N) is 2. The fourth-order valence-corrected chi connectivity index (χ4v) is 1.02. The molecule has 0 aliphatic carbocycles. The Hall–Kier alpha value is -0.530. The van der Waals surface area contributed by atoms with Gasteiger partial charge < -0.3 is 0 Å². The van der Waals surface area contributed by atoms with Crippen LogP contribution in [0, 0.1) is 11.8 Å². The van der Waals surface area contributed by atoms with Crippen LogP contribution in [0.1, 0.15) is 27.7 Å². The second kappa shape index (κ2) is 5.16. The van der Waals surface area contributed by atoms with Crippen LogP contribution in [-0.2, 0) is 0 Å². The van der Waals surface area contributed by atoms with Crippen LogP contribution < -0.4 is 0 Å². The zero-order valence-corrected chi connectivity index (χ0v) is 8.27. The van der Waals surface area contributed by atoms with Crippen LogP contribution in [0.4, 0.5) is 0 Å². The third-order valence-electron chi connectivity index (χ3n) is 1.39. The first-order valence-electron chi connectivity index (χ1n) is 3.74. The summed E-state index contributed by atoms with van der Waals surface area (Å²) in [4.78, 5) is 0. The summed E-state index contributed by atoms with van der Waals surface area (Å²) >= 11 is 4.42. The quantitative estimate of drug-likeness (QED) is 0.363. The molecule has 2 nitrogen and oxygen atoms in total. The lowest BCUT2D eigenvalue weighted by Crippen LogP contribution is -2.14. The standard InChI is InChI=1S/C8H14N2S/c1-6(2)8(7(3)4)10-9-5-11/h6-7H,1-4H3. The molecule has 0 N–H and O–H groups in total. The van der Waals surface area contributed by atoms with Gasteiger partial charge in [0.2, 0.25) is 0 Å². The van der Waals surface area contributed by atoms with Gasteiger partial charge in [-0.3, -0.25) is 0 Å². The molecule has 3 heteroatoms. The normalized spacial score (nSPS) is 9.64. The van der Waals surface area contributed by atoms with Crippen LogP contribution in [0.5, 0.6) is 0 Å². The van der Waals surface area contributed by atoms with Crippen molar-refractivity contribution < 1.29 is 0 Å². The number of rotatable bonds is 3. The van der Waals surface area contributed by atoms with Crippen molar-refractivity contribution in [3.05, 3.63) is 0 Å². The molecule has 0 heterocycles. The molecule has 0 rings (SSSR count). The molecule has 0 radical (unpaired) electrons. The van der Waals surface area contributed by atoms with E-state index >= 15 is 0 Å². The van der Waals surface area contributed by atoms with E-state index in [-0.39, 0.29) is 0 Å². The van der Waals surface area contributed by atoms with Crippen LogP contribution in [-0.4, -0.2) is 10.9 Å². The summed E-state index contributed by atoms with van der Waals surface area (Å²) in [5.41, 5.74) is 1.07. The van der Waals surface area contributed by atoms with Crippen LogP contribution >= 0.6 is 12.2 Å². The van der Waals surface area contributed by atoms with Crippen LogP contribution in [0.2, 0.25) is 0 Å². The van der Waals surface area contributed by atoms with Gasteiger partial charge in [-0.25, -0.2) is 0 Å². The Morgan fingerprint density at radius 1 is 1.18 bits per heavy atom. The maximum absolute atomic E-state index is 4.42. The summed E-state index contributed by atoms with van der Waals surface area (Å²) in [5.74, 6) is 0.865. The third-order valence-corrected chi connectivity index (χ3v) is 1.47. The fourth-order valence-electron chi connectivity index (χ4n) is 0.976. The minimum Gasteiger partial charge on any atom is -0.150 e. The number of thiocarbonyl (C=S) groups is 1. The molecule has 0 amide bonds. The van der Waals surface area contributed by atoms with E-state index in [4.69, 9.17) is 0 Å². The Bertz CT molecular complexity index is 178. The first-order valence-corrected chi connectivity index (χ1v) is 4.15. The van der Waals surface area contributed by atoms with Crippen LogP contribution in [0.15, 0.2) is 10.2 Å². The topological polar surface area (TPSA) is 24.7 Å². The van der Waals surface area contributed by atoms with E-state index in [1.165, 1.54) is 0 Å². The Labute approximate surface area is 73.4 Å². The molecule has 0 unspecified atom stereocenters. The van der Waals surface area contributed by atoms with Gasteiger partial charge in [0.1, 0.15) is 0 Å². The zero-order valence-electron chi connectivity index (χ0n) is 7.46. The predicted octanol–water partition coefficient (Wildman–Crippen LogP) is 2.76. The van der Waals surface area contributed by atoms with Crippen LogP contribution in [0.3, 0.4) is 0 Å². The maximum atomic E-state index is 4.42. The number of hydrogen-bond donors (Lipinski definition) is 0. The second-order valence-corrected chi connectivity index (χ2v) is 3.21. The van der Waals surface area contributed by atoms with Crippen molar-refractivity contribution in [1.29, 1.82) is 0 Å². The van der Waals surface area contributed by atoms with Gasteiger partial charge in [0.25, 0.3) is 0 Å². The first-order chi connectivity index (χ1) is 5.09. The molecule has 0 aromatic rings. The van der Waals surface area contributed by atoms with E-state index in [2.05, 4.69) is 55.3 Å². The molecule has 0 fully saturated rings. The van der Waals surface area contributed by atoms with Crippen molar-refractivity contribution in [1.82, 2.24) is 0 Å². The van der Waals surface area contributed by atoms with Gasteiger partial charge in [0.15, 0.2) is 0 Å². The molecule has 0 aromatic carbocycles. The van der Waals surface area contributed by atoms with E-state index in [9.17, 15) is 0 Å². The Morgan fingerprint density at radius 2 is 1.64 bits per heavy atom. The van der Waals surface area contributed by atoms with Crippen molar-refractivity contribution in [3.63, 3.8) is 0 Å². The smallest absolute Gasteiger partial charge is 0.0871 e. The summed E-state index contributed by atoms with van der Waals surface area (Å²) in [5, 5.41) is 9.76. The van der Waals surface area contributed by atoms with E-state index in [1.807, 2.05) is 0 Å². The predicted molar refractivity (Wildman–Crippen MR) is 52.1 cm³/mol. The van der Waals surface area contributed by atoms with E-state index in [0.717, 1.165) is 5.71 Å². The summed E-state index contributed by atoms with van der Waals surface area (Å²) in [6.45, 7) is 8.38. The van der Waals surface area contributed by atoms with Gasteiger partial charge in [-0.05, 0) is 24.1 Å². The lowest BCUT2D eigenvalue weighted by molar-refractivity contribution is 0.758. The third kappa shape index (κ3) is 4.02. The van der Waals surface area contributed by atoms with Gasteiger partial charge in [-0.15, -0.1) is 5.10 Å². The van der Waals surface area contributed by atoms with Gasteiger partial charge in [0, 0.05) is 5.71 Å². The average molecular weight is 170 g/mol. The first kappa shape index (κ1) is 10.5. The van der Waals surface area contributed by atoms with E-state index in [0.29, 0.717) is 11.8 Å². The molecule has 0 aliphatic heterocycles. The highest BCUT2D eigenvalue weighted by molar-refractivity contribution is 7.78. The molecule has 0 saturated heterocycles. The largest absolute Gasteiger partial charge is 0.150 e. The van der Waals surface area contributed by atoms with Gasteiger partial charge >= 0.3 is 0 Å². The highest BCUT2D eigenvalue weighted by Gasteiger charge is 2.08. The van der Waals surface area contributed by atoms with E-state index < -0.39 is 0 Å². The number of hydrogen-bond acceptors (Lipinski definition) is 3. The van der Waals surface area contributed by atoms with Gasteiger partial charge in [-0.2, -0.15) is 0 Å². The Morgan fingerprint density at radius 3 is 1.91 bits per heavy atom. The molecule has 0 aromatic heterocycles. The highest BCUT2D eigenvalue weighted by Crippen LogP contribution is 2.07. The Balaban J connectivity index is 4.45. The average Bonchev–Trinajstić information content (AvgIpc) is 1.87. The summed E-state index contributed by atoms with van der Waals surface area (Å²) in [7, 11) is 0. The van der Waals surface area contributed by atoms with Crippen molar-refractivity contribution in [2.45, 2.75) is 27.7 Å². The van der Waals surface area contributed by atoms with E-state index in [1.54, 1.807) is 0 Å². The summed E-state index contributed by atoms with van der Waals surface area (Å²) < 4.78 is 0. The monoisotopic (exact) mass is 170 g/mol. The van der Waals surface area contributed by atoms with Crippen molar-refractivity contribution in [2.24, 2.45) is 22.0 Å². The summed E-state index contributed by atoms with van der Waals surface area (Å²) in [6, 6.07) is 0. The van der Waals surface area contributed by atoms with Crippen LogP contribution in [0.25, 0.3) is 0 Å². The molecular formula is C8H14N2S. The van der Waals surface area contributed by atoms with Crippen molar-refractivity contribution >= 4 is 23.1 Å². The summed E-state index contributed by atoms with van der Waals surface area (Å²) in [6.07, 6.45) is 0. The molecule has 0 spiro atoms. The molecule has 0 atom stereocenters. The molecule has 62 valence electrons. The molecule has 0 bridgehead atoms. The molecule has 0 saturated carbocycles. The minimum absolute atomic E-state index is 0.432. The van der Waals surface area contributed by atoms with Crippen molar-refractivity contribution in [2.75, 3.05) is 0 Å². The van der Waals surface area contributed by atoms with Crippen molar-refractivity contribution in [3.8, 4) is 0 Å². The lowest BCUT2D eigenvalue weighted by atomic mass is 9.98. The Kier molecular flexibility index (Phi) is 4.92. The number of isothiocyanates is 1. The van der Waals surface area contributed by atoms with Gasteiger partial charge in [0.05, 0.1) is 5.16 Å². The molecule has 0 aliphatic rings.